The van der Waals surface area contributed by atoms with E-state index in [1.165, 1.54) is 0 Å². The number of ether oxygens (including phenoxy) is 1. The van der Waals surface area contributed by atoms with Crippen LogP contribution in [-0.4, -0.2) is 45.5 Å². The summed E-state index contributed by atoms with van der Waals surface area (Å²) in [5.41, 5.74) is -0.145. The fraction of sp³-hybridized carbons (Fsp3) is 0.667. The van der Waals surface area contributed by atoms with E-state index >= 15 is 0 Å². The van der Waals surface area contributed by atoms with Gasteiger partial charge in [0.1, 0.15) is 17.7 Å². The molecule has 2 N–H and O–H groups in total. The van der Waals surface area contributed by atoms with Gasteiger partial charge in [0.25, 0.3) is 0 Å². The van der Waals surface area contributed by atoms with Crippen LogP contribution in [0.3, 0.4) is 0 Å². The lowest BCUT2D eigenvalue weighted by Crippen LogP contribution is -2.60. The van der Waals surface area contributed by atoms with Crippen LogP contribution in [0.15, 0.2) is 24.3 Å². The Kier molecular flexibility index (Phi) is 9.35. The average molecular weight is 476 g/mol. The molecule has 0 aliphatic carbocycles. The van der Waals surface area contributed by atoms with E-state index in [1.54, 1.807) is 25.7 Å². The monoisotopic (exact) mass is 475 g/mol. The number of carbonyl (C=O) groups excluding carboxylic acids is 3. The zero-order valence-electron chi connectivity index (χ0n) is 23.1. The highest BCUT2D eigenvalue weighted by Gasteiger charge is 2.43. The van der Waals surface area contributed by atoms with Crippen molar-refractivity contribution < 1.29 is 19.1 Å². The summed E-state index contributed by atoms with van der Waals surface area (Å²) in [5.74, 6) is -0.850. The largest absolute Gasteiger partial charge is 0.444 e. The summed E-state index contributed by atoms with van der Waals surface area (Å²) in [6.45, 7) is 22.4. The Bertz CT molecular complexity index is 856. The molecule has 0 saturated carbocycles. The number of amides is 3. The Morgan fingerprint density at radius 3 is 1.76 bits per heavy atom. The van der Waals surface area contributed by atoms with Crippen LogP contribution in [-0.2, 0) is 14.3 Å². The van der Waals surface area contributed by atoms with Gasteiger partial charge in [-0.05, 0) is 80.7 Å². The molecular formula is C27H45N3O4. The van der Waals surface area contributed by atoms with Gasteiger partial charge in [0.05, 0.1) is 0 Å². The molecule has 3 amide bonds. The summed E-state index contributed by atoms with van der Waals surface area (Å²) in [6, 6.07) is 5.85. The maximum Gasteiger partial charge on any atom is 0.408 e. The van der Waals surface area contributed by atoms with E-state index in [1.807, 2.05) is 86.6 Å². The third-order valence-electron chi connectivity index (χ3n) is 4.96. The highest BCUT2D eigenvalue weighted by Crippen LogP contribution is 2.31. The lowest BCUT2D eigenvalue weighted by atomic mass is 9.92. The smallest absolute Gasteiger partial charge is 0.408 e. The van der Waals surface area contributed by atoms with Crippen molar-refractivity contribution in [1.29, 1.82) is 0 Å². The highest BCUT2D eigenvalue weighted by atomic mass is 16.6. The quantitative estimate of drug-likeness (QED) is 0.597. The van der Waals surface area contributed by atoms with Crippen molar-refractivity contribution in [2.24, 2.45) is 5.92 Å². The minimum absolute atomic E-state index is 0.228. The second-order valence-corrected chi connectivity index (χ2v) is 12.3. The topological polar surface area (TPSA) is 87.7 Å². The zero-order chi connectivity index (χ0) is 26.6. The minimum atomic E-state index is -0.881. The molecule has 2 unspecified atom stereocenters. The lowest BCUT2D eigenvalue weighted by Gasteiger charge is -2.44. The SMILES string of the molecule is Cc1ccc(C(C(=O)NC(C)(C)C)N(C(=O)C(NC(=O)OC(C)(C)C)C(C)C)C(C)(C)C)cc1. The van der Waals surface area contributed by atoms with Gasteiger partial charge in [0.15, 0.2) is 0 Å². The Morgan fingerprint density at radius 2 is 1.38 bits per heavy atom. The zero-order valence-corrected chi connectivity index (χ0v) is 23.1. The number of hydrogen-bond donors (Lipinski definition) is 2. The van der Waals surface area contributed by atoms with Crippen LogP contribution in [0.2, 0.25) is 0 Å². The maximum atomic E-state index is 14.1. The van der Waals surface area contributed by atoms with Crippen LogP contribution in [0.5, 0.6) is 0 Å². The standard InChI is InChI=1S/C27H45N3O4/c1-17(2)20(28-24(33)34-27(10,11)12)23(32)30(26(7,8)9)21(22(31)29-25(4,5)6)19-15-13-18(3)14-16-19/h13-17,20-21H,1-12H3,(H,28,33)(H,29,31). The van der Waals surface area contributed by atoms with Crippen molar-refractivity contribution in [3.05, 3.63) is 35.4 Å². The molecule has 34 heavy (non-hydrogen) atoms. The first-order valence-electron chi connectivity index (χ1n) is 11.9. The van der Waals surface area contributed by atoms with Crippen molar-refractivity contribution in [2.45, 2.75) is 112 Å². The van der Waals surface area contributed by atoms with Gasteiger partial charge in [-0.3, -0.25) is 9.59 Å². The Balaban J connectivity index is 3.56. The molecule has 7 nitrogen and oxygen atoms in total. The van der Waals surface area contributed by atoms with Crippen molar-refractivity contribution in [3.63, 3.8) is 0 Å². The predicted molar refractivity (Wildman–Crippen MR) is 136 cm³/mol. The second-order valence-electron chi connectivity index (χ2n) is 12.3. The predicted octanol–water partition coefficient (Wildman–Crippen LogP) is 5.13. The molecule has 2 atom stereocenters. The number of nitrogens with zero attached hydrogens (tertiary/aromatic N) is 1. The van der Waals surface area contributed by atoms with Crippen molar-refractivity contribution in [1.82, 2.24) is 15.5 Å². The first kappa shape index (κ1) is 29.5. The second kappa shape index (κ2) is 10.8. The first-order chi connectivity index (χ1) is 15.2. The third-order valence-corrected chi connectivity index (χ3v) is 4.96. The molecular weight excluding hydrogens is 430 g/mol. The first-order valence-corrected chi connectivity index (χ1v) is 11.9. The lowest BCUT2D eigenvalue weighted by molar-refractivity contribution is -0.149. The van der Waals surface area contributed by atoms with Crippen LogP contribution >= 0.6 is 0 Å². The fourth-order valence-electron chi connectivity index (χ4n) is 3.55. The van der Waals surface area contributed by atoms with Crippen LogP contribution in [0.4, 0.5) is 4.79 Å². The third kappa shape index (κ3) is 8.99. The van der Waals surface area contributed by atoms with E-state index in [4.69, 9.17) is 4.74 Å². The number of rotatable bonds is 6. The molecule has 0 bridgehead atoms. The molecule has 0 spiro atoms. The van der Waals surface area contributed by atoms with Crippen LogP contribution in [0, 0.1) is 12.8 Å². The Hall–Kier alpha value is -2.57. The molecule has 0 radical (unpaired) electrons. The van der Waals surface area contributed by atoms with E-state index in [9.17, 15) is 14.4 Å². The molecule has 1 rings (SSSR count). The molecule has 1 aromatic carbocycles. The van der Waals surface area contributed by atoms with E-state index in [0.29, 0.717) is 5.56 Å². The summed E-state index contributed by atoms with van der Waals surface area (Å²) >= 11 is 0. The van der Waals surface area contributed by atoms with Crippen molar-refractivity contribution in [2.75, 3.05) is 0 Å². The number of carbonyl (C=O) groups is 3. The summed E-state index contributed by atoms with van der Waals surface area (Å²) in [6.07, 6.45) is -0.667. The average Bonchev–Trinajstić information content (AvgIpc) is 2.60. The number of benzene rings is 1. The van der Waals surface area contributed by atoms with E-state index in [0.717, 1.165) is 5.56 Å². The van der Waals surface area contributed by atoms with Crippen LogP contribution in [0.1, 0.15) is 93.3 Å². The molecule has 0 fully saturated rings. The van der Waals surface area contributed by atoms with Gasteiger partial charge < -0.3 is 20.3 Å². The molecule has 7 heteroatoms. The van der Waals surface area contributed by atoms with Gasteiger partial charge in [-0.25, -0.2) is 4.79 Å². The van der Waals surface area contributed by atoms with Crippen molar-refractivity contribution in [3.8, 4) is 0 Å². The van der Waals surface area contributed by atoms with Crippen LogP contribution < -0.4 is 10.6 Å². The Labute approximate surface area is 206 Å². The fourth-order valence-corrected chi connectivity index (χ4v) is 3.55. The number of aryl methyl sites for hydroxylation is 1. The summed E-state index contributed by atoms with van der Waals surface area (Å²) in [5, 5.41) is 5.78. The number of nitrogens with one attached hydrogen (secondary N) is 2. The van der Waals surface area contributed by atoms with E-state index in [2.05, 4.69) is 10.6 Å². The molecule has 0 aliphatic heterocycles. The summed E-state index contributed by atoms with van der Waals surface area (Å²) < 4.78 is 5.41. The van der Waals surface area contributed by atoms with Gasteiger partial charge in [-0.1, -0.05) is 43.7 Å². The van der Waals surface area contributed by atoms with Gasteiger partial charge in [0, 0.05) is 11.1 Å². The number of hydrogen-bond acceptors (Lipinski definition) is 4. The van der Waals surface area contributed by atoms with Gasteiger partial charge in [-0.15, -0.1) is 0 Å². The molecule has 0 aliphatic rings. The Morgan fingerprint density at radius 1 is 0.882 bits per heavy atom. The normalized spacial score (nSPS) is 14.3. The highest BCUT2D eigenvalue weighted by molar-refractivity contribution is 5.93. The summed E-state index contributed by atoms with van der Waals surface area (Å²) in [7, 11) is 0. The van der Waals surface area contributed by atoms with Crippen molar-refractivity contribution >= 4 is 17.9 Å². The summed E-state index contributed by atoms with van der Waals surface area (Å²) in [4.78, 5) is 41.8. The maximum absolute atomic E-state index is 14.1. The van der Waals surface area contributed by atoms with Gasteiger partial charge in [-0.2, -0.15) is 0 Å². The van der Waals surface area contributed by atoms with E-state index < -0.39 is 34.9 Å². The minimum Gasteiger partial charge on any atom is -0.444 e. The molecule has 0 saturated heterocycles. The van der Waals surface area contributed by atoms with Crippen LogP contribution in [0.25, 0.3) is 0 Å². The van der Waals surface area contributed by atoms with Gasteiger partial charge >= 0.3 is 6.09 Å². The molecule has 0 aromatic heterocycles. The molecule has 0 heterocycles. The van der Waals surface area contributed by atoms with E-state index in [-0.39, 0.29) is 17.7 Å². The molecule has 1 aromatic rings. The number of alkyl carbamates (subject to hydrolysis) is 1. The molecule has 192 valence electrons. The van der Waals surface area contributed by atoms with Gasteiger partial charge in [0.2, 0.25) is 11.8 Å².